The molecular formula is C16H27N3. The maximum absolute atomic E-state index is 4.31. The van der Waals surface area contributed by atoms with Crippen LogP contribution in [-0.4, -0.2) is 24.6 Å². The van der Waals surface area contributed by atoms with Crippen LogP contribution < -0.4 is 10.2 Å². The van der Waals surface area contributed by atoms with Gasteiger partial charge in [0, 0.05) is 25.8 Å². The average Bonchev–Trinajstić information content (AvgIpc) is 2.70. The van der Waals surface area contributed by atoms with Gasteiger partial charge >= 0.3 is 0 Å². The first-order valence-electron chi connectivity index (χ1n) is 7.36. The second-order valence-corrected chi connectivity index (χ2v) is 6.86. The minimum absolute atomic E-state index is 0.429. The van der Waals surface area contributed by atoms with Gasteiger partial charge in [0.25, 0.3) is 0 Å². The summed E-state index contributed by atoms with van der Waals surface area (Å²) in [6.45, 7) is 13.5. The molecule has 1 N–H and O–H groups in total. The Morgan fingerprint density at radius 1 is 1.42 bits per heavy atom. The summed E-state index contributed by atoms with van der Waals surface area (Å²) in [5.74, 6) is 0.691. The van der Waals surface area contributed by atoms with Crippen molar-refractivity contribution in [3.63, 3.8) is 0 Å². The van der Waals surface area contributed by atoms with Crippen molar-refractivity contribution < 1.29 is 0 Å². The number of anilines is 1. The van der Waals surface area contributed by atoms with Gasteiger partial charge in [0.15, 0.2) is 0 Å². The molecule has 1 aliphatic heterocycles. The third kappa shape index (κ3) is 3.93. The third-order valence-corrected chi connectivity index (χ3v) is 3.77. The lowest BCUT2D eigenvalue weighted by molar-refractivity contribution is 0.418. The summed E-state index contributed by atoms with van der Waals surface area (Å²) in [5.41, 5.74) is 3.11. The van der Waals surface area contributed by atoms with Gasteiger partial charge in [-0.15, -0.1) is 0 Å². The summed E-state index contributed by atoms with van der Waals surface area (Å²) in [4.78, 5) is 6.80. The Bertz CT molecular complexity index is 412. The van der Waals surface area contributed by atoms with Crippen molar-refractivity contribution in [2.45, 2.75) is 40.7 Å². The van der Waals surface area contributed by atoms with E-state index in [1.54, 1.807) is 0 Å². The molecule has 0 radical (unpaired) electrons. The van der Waals surface area contributed by atoms with E-state index in [1.807, 2.05) is 12.4 Å². The van der Waals surface area contributed by atoms with E-state index in [0.29, 0.717) is 11.3 Å². The van der Waals surface area contributed by atoms with Crippen molar-refractivity contribution in [3.05, 3.63) is 24.0 Å². The predicted octanol–water partition coefficient (Wildman–Crippen LogP) is 3.06. The van der Waals surface area contributed by atoms with E-state index in [9.17, 15) is 0 Å². The standard InChI is InChI=1S/C16H27N3/c1-13(2)9-18-10-14-5-7-17-11-15(14)19-8-6-16(3,4)12-19/h5,7,11,13,18H,6,8-10,12H2,1-4H3. The van der Waals surface area contributed by atoms with E-state index in [2.05, 4.69) is 49.0 Å². The minimum atomic E-state index is 0.429. The number of hydrogen-bond acceptors (Lipinski definition) is 3. The SMILES string of the molecule is CC(C)CNCc1ccncc1N1CCC(C)(C)C1. The maximum atomic E-state index is 4.31. The normalized spacial score (nSPS) is 18.3. The van der Waals surface area contributed by atoms with Gasteiger partial charge in [-0.2, -0.15) is 0 Å². The van der Waals surface area contributed by atoms with Gasteiger partial charge in [-0.1, -0.05) is 27.7 Å². The zero-order valence-electron chi connectivity index (χ0n) is 12.7. The highest BCUT2D eigenvalue weighted by atomic mass is 15.2. The van der Waals surface area contributed by atoms with Crippen LogP contribution in [0, 0.1) is 11.3 Å². The monoisotopic (exact) mass is 261 g/mol. The molecule has 1 saturated heterocycles. The highest BCUT2D eigenvalue weighted by Crippen LogP contribution is 2.33. The molecule has 3 nitrogen and oxygen atoms in total. The molecule has 106 valence electrons. The predicted molar refractivity (Wildman–Crippen MR) is 81.4 cm³/mol. The van der Waals surface area contributed by atoms with Crippen LogP contribution >= 0.6 is 0 Å². The number of rotatable bonds is 5. The number of nitrogens with one attached hydrogen (secondary N) is 1. The fraction of sp³-hybridized carbons (Fsp3) is 0.688. The van der Waals surface area contributed by atoms with Crippen LogP contribution in [0.4, 0.5) is 5.69 Å². The van der Waals surface area contributed by atoms with Crippen molar-refractivity contribution in [2.75, 3.05) is 24.5 Å². The Morgan fingerprint density at radius 3 is 2.84 bits per heavy atom. The Kier molecular flexibility index (Phi) is 4.46. The van der Waals surface area contributed by atoms with E-state index >= 15 is 0 Å². The molecule has 0 atom stereocenters. The molecule has 3 heteroatoms. The first-order valence-corrected chi connectivity index (χ1v) is 7.36. The average molecular weight is 261 g/mol. The van der Waals surface area contributed by atoms with Gasteiger partial charge in [-0.05, 0) is 35.9 Å². The second kappa shape index (κ2) is 5.91. The van der Waals surface area contributed by atoms with Crippen LogP contribution in [0.3, 0.4) is 0 Å². The number of nitrogens with zero attached hydrogens (tertiary/aromatic N) is 2. The van der Waals surface area contributed by atoms with E-state index in [0.717, 1.165) is 26.2 Å². The van der Waals surface area contributed by atoms with Crippen LogP contribution in [0.15, 0.2) is 18.5 Å². The molecule has 0 aromatic carbocycles. The molecule has 0 saturated carbocycles. The molecule has 0 unspecified atom stereocenters. The molecule has 1 fully saturated rings. The minimum Gasteiger partial charge on any atom is -0.369 e. The van der Waals surface area contributed by atoms with E-state index in [4.69, 9.17) is 0 Å². The fourth-order valence-electron chi connectivity index (χ4n) is 2.66. The topological polar surface area (TPSA) is 28.2 Å². The van der Waals surface area contributed by atoms with Crippen LogP contribution in [0.2, 0.25) is 0 Å². The molecule has 2 heterocycles. The summed E-state index contributed by atoms with van der Waals surface area (Å²) in [6, 6.07) is 2.15. The van der Waals surface area contributed by atoms with Crippen LogP contribution in [0.5, 0.6) is 0 Å². The molecule has 0 bridgehead atoms. The summed E-state index contributed by atoms with van der Waals surface area (Å²) in [5, 5.41) is 3.53. The van der Waals surface area contributed by atoms with E-state index in [-0.39, 0.29) is 0 Å². The Hall–Kier alpha value is -1.09. The van der Waals surface area contributed by atoms with Gasteiger partial charge < -0.3 is 10.2 Å². The lowest BCUT2D eigenvalue weighted by atomic mass is 9.93. The molecule has 2 rings (SSSR count). The van der Waals surface area contributed by atoms with E-state index in [1.165, 1.54) is 17.7 Å². The van der Waals surface area contributed by atoms with Crippen molar-refractivity contribution in [3.8, 4) is 0 Å². The highest BCUT2D eigenvalue weighted by Gasteiger charge is 2.30. The Labute approximate surface area is 117 Å². The van der Waals surface area contributed by atoms with Crippen LogP contribution in [0.25, 0.3) is 0 Å². The molecule has 0 spiro atoms. The summed E-state index contributed by atoms with van der Waals surface area (Å²) in [7, 11) is 0. The number of hydrogen-bond donors (Lipinski definition) is 1. The molecule has 1 aromatic heterocycles. The summed E-state index contributed by atoms with van der Waals surface area (Å²) >= 11 is 0. The summed E-state index contributed by atoms with van der Waals surface area (Å²) < 4.78 is 0. The number of pyridine rings is 1. The quantitative estimate of drug-likeness (QED) is 0.883. The molecule has 1 aliphatic rings. The first-order chi connectivity index (χ1) is 8.98. The Morgan fingerprint density at radius 2 is 2.21 bits per heavy atom. The van der Waals surface area contributed by atoms with Crippen LogP contribution in [-0.2, 0) is 6.54 Å². The van der Waals surface area contributed by atoms with Crippen molar-refractivity contribution in [1.82, 2.24) is 10.3 Å². The highest BCUT2D eigenvalue weighted by molar-refractivity contribution is 5.52. The van der Waals surface area contributed by atoms with Gasteiger partial charge in [-0.3, -0.25) is 4.98 Å². The van der Waals surface area contributed by atoms with Crippen molar-refractivity contribution in [2.24, 2.45) is 11.3 Å². The van der Waals surface area contributed by atoms with Gasteiger partial charge in [-0.25, -0.2) is 0 Å². The third-order valence-electron chi connectivity index (χ3n) is 3.77. The molecule has 0 aliphatic carbocycles. The maximum Gasteiger partial charge on any atom is 0.0598 e. The smallest absolute Gasteiger partial charge is 0.0598 e. The molecular weight excluding hydrogens is 234 g/mol. The molecule has 0 amide bonds. The lowest BCUT2D eigenvalue weighted by Crippen LogP contribution is -2.26. The Balaban J connectivity index is 2.04. The van der Waals surface area contributed by atoms with Crippen molar-refractivity contribution >= 4 is 5.69 Å². The largest absolute Gasteiger partial charge is 0.369 e. The zero-order valence-corrected chi connectivity index (χ0v) is 12.7. The van der Waals surface area contributed by atoms with Gasteiger partial charge in [0.05, 0.1) is 11.9 Å². The zero-order chi connectivity index (χ0) is 13.9. The summed E-state index contributed by atoms with van der Waals surface area (Å²) in [6.07, 6.45) is 5.19. The molecule has 19 heavy (non-hydrogen) atoms. The molecule has 1 aromatic rings. The first kappa shape index (κ1) is 14.3. The van der Waals surface area contributed by atoms with Gasteiger partial charge in [0.2, 0.25) is 0 Å². The van der Waals surface area contributed by atoms with Gasteiger partial charge in [0.1, 0.15) is 0 Å². The van der Waals surface area contributed by atoms with Crippen molar-refractivity contribution in [1.29, 1.82) is 0 Å². The lowest BCUT2D eigenvalue weighted by Gasteiger charge is -2.24. The van der Waals surface area contributed by atoms with Crippen LogP contribution in [0.1, 0.15) is 39.7 Å². The van der Waals surface area contributed by atoms with E-state index < -0.39 is 0 Å². The fourth-order valence-corrected chi connectivity index (χ4v) is 2.66. The number of aromatic nitrogens is 1. The second-order valence-electron chi connectivity index (χ2n) is 6.86.